The second kappa shape index (κ2) is 7.49. The van der Waals surface area contributed by atoms with Crippen LogP contribution in [0.25, 0.3) is 0 Å². The average molecular weight is 308 g/mol. The van der Waals surface area contributed by atoms with Gasteiger partial charge in [0.15, 0.2) is 0 Å². The highest BCUT2D eigenvalue weighted by Gasteiger charge is 2.17. The number of amides is 1. The zero-order valence-corrected chi connectivity index (χ0v) is 14.4. The molecule has 1 amide bonds. The first kappa shape index (κ1) is 18.3. The van der Waals surface area contributed by atoms with Gasteiger partial charge in [0.2, 0.25) is 0 Å². The fourth-order valence-electron chi connectivity index (χ4n) is 2.15. The van der Waals surface area contributed by atoms with Crippen LogP contribution in [0.2, 0.25) is 0 Å². The van der Waals surface area contributed by atoms with Crippen molar-refractivity contribution in [1.29, 1.82) is 0 Å². The third kappa shape index (κ3) is 6.35. The summed E-state index contributed by atoms with van der Waals surface area (Å²) in [4.78, 5) is 11.6. The summed E-state index contributed by atoms with van der Waals surface area (Å²) in [6, 6.07) is 5.56. The molecular formula is C17H28N2O3. The number of nitrogens with one attached hydrogen (secondary N) is 2. The number of alkyl carbamates (subject to hydrolysis) is 1. The van der Waals surface area contributed by atoms with Crippen molar-refractivity contribution in [3.05, 3.63) is 29.3 Å². The van der Waals surface area contributed by atoms with Crippen molar-refractivity contribution in [3.63, 3.8) is 0 Å². The van der Waals surface area contributed by atoms with Crippen LogP contribution in [0.3, 0.4) is 0 Å². The highest BCUT2D eigenvalue weighted by molar-refractivity contribution is 5.67. The fourth-order valence-corrected chi connectivity index (χ4v) is 2.15. The maximum Gasteiger partial charge on any atom is 0.407 e. The number of phenols is 1. The maximum absolute atomic E-state index is 11.6. The quantitative estimate of drug-likeness (QED) is 0.781. The molecule has 1 rings (SSSR count). The van der Waals surface area contributed by atoms with Gasteiger partial charge in [-0.05, 0) is 47.6 Å². The van der Waals surface area contributed by atoms with Gasteiger partial charge < -0.3 is 20.5 Å². The molecule has 0 aromatic heterocycles. The number of aromatic hydroxyl groups is 1. The minimum Gasteiger partial charge on any atom is -0.508 e. The third-order valence-corrected chi connectivity index (χ3v) is 3.14. The number of aryl methyl sites for hydroxylation is 1. The van der Waals surface area contributed by atoms with E-state index in [-0.39, 0.29) is 17.8 Å². The monoisotopic (exact) mass is 308 g/mol. The van der Waals surface area contributed by atoms with Crippen LogP contribution in [0.1, 0.15) is 51.8 Å². The van der Waals surface area contributed by atoms with Gasteiger partial charge >= 0.3 is 6.09 Å². The Bertz CT molecular complexity index is 509. The molecular weight excluding hydrogens is 280 g/mol. The number of phenolic OH excluding ortho intramolecular Hbond substituents is 1. The van der Waals surface area contributed by atoms with E-state index in [0.29, 0.717) is 6.54 Å². The smallest absolute Gasteiger partial charge is 0.407 e. The number of rotatable bonds is 5. The summed E-state index contributed by atoms with van der Waals surface area (Å²) in [7, 11) is 0. The zero-order valence-electron chi connectivity index (χ0n) is 14.4. The average Bonchev–Trinajstić information content (AvgIpc) is 2.37. The second-order valence-corrected chi connectivity index (χ2v) is 6.73. The van der Waals surface area contributed by atoms with Crippen molar-refractivity contribution in [2.75, 3.05) is 6.54 Å². The summed E-state index contributed by atoms with van der Waals surface area (Å²) in [5.41, 5.74) is 1.45. The van der Waals surface area contributed by atoms with Gasteiger partial charge in [-0.1, -0.05) is 17.7 Å². The summed E-state index contributed by atoms with van der Waals surface area (Å²) in [5.74, 6) is 0.276. The Morgan fingerprint density at radius 3 is 2.55 bits per heavy atom. The molecule has 0 saturated carbocycles. The van der Waals surface area contributed by atoms with Crippen LogP contribution in [0, 0.1) is 6.92 Å². The molecule has 5 heteroatoms. The first-order valence-corrected chi connectivity index (χ1v) is 7.61. The highest BCUT2D eigenvalue weighted by atomic mass is 16.6. The van der Waals surface area contributed by atoms with Crippen LogP contribution in [0.5, 0.6) is 5.75 Å². The van der Waals surface area contributed by atoms with Gasteiger partial charge in [-0.3, -0.25) is 0 Å². The molecule has 0 aliphatic heterocycles. The van der Waals surface area contributed by atoms with Gasteiger partial charge in [-0.25, -0.2) is 4.79 Å². The standard InChI is InChI=1S/C17H28N2O3/c1-11-7-8-15(20)14(9-11)13(3)19-12(2)10-18-16(21)22-17(4,5)6/h7-9,12-13,19-20H,10H2,1-6H3,(H,18,21). The Labute approximate surface area is 133 Å². The largest absolute Gasteiger partial charge is 0.508 e. The zero-order chi connectivity index (χ0) is 16.9. The van der Waals surface area contributed by atoms with Crippen molar-refractivity contribution < 1.29 is 14.6 Å². The summed E-state index contributed by atoms with van der Waals surface area (Å²) < 4.78 is 5.19. The highest BCUT2D eigenvalue weighted by Crippen LogP contribution is 2.25. The number of carbonyl (C=O) groups is 1. The Morgan fingerprint density at radius 2 is 1.95 bits per heavy atom. The molecule has 1 aromatic rings. The molecule has 1 aromatic carbocycles. The number of hydrogen-bond acceptors (Lipinski definition) is 4. The number of benzene rings is 1. The first-order chi connectivity index (χ1) is 10.1. The van der Waals surface area contributed by atoms with E-state index in [1.54, 1.807) is 6.07 Å². The molecule has 0 bridgehead atoms. The second-order valence-electron chi connectivity index (χ2n) is 6.73. The van der Waals surface area contributed by atoms with Crippen LogP contribution in [-0.2, 0) is 4.74 Å². The van der Waals surface area contributed by atoms with Crippen LogP contribution in [-0.4, -0.2) is 29.4 Å². The van der Waals surface area contributed by atoms with E-state index in [0.717, 1.165) is 11.1 Å². The lowest BCUT2D eigenvalue weighted by molar-refractivity contribution is 0.0522. The lowest BCUT2D eigenvalue weighted by Gasteiger charge is -2.23. The molecule has 22 heavy (non-hydrogen) atoms. The van der Waals surface area contributed by atoms with E-state index >= 15 is 0 Å². The lowest BCUT2D eigenvalue weighted by atomic mass is 10.0. The minimum absolute atomic E-state index is 0.0182. The molecule has 3 N–H and O–H groups in total. The maximum atomic E-state index is 11.6. The van der Waals surface area contributed by atoms with Crippen molar-refractivity contribution in [2.45, 2.75) is 59.2 Å². The molecule has 2 atom stereocenters. The number of hydrogen-bond donors (Lipinski definition) is 3. The molecule has 0 aliphatic rings. The van der Waals surface area contributed by atoms with Crippen molar-refractivity contribution in [3.8, 4) is 5.75 Å². The number of ether oxygens (including phenoxy) is 1. The normalized spacial score (nSPS) is 14.3. The molecule has 5 nitrogen and oxygen atoms in total. The molecule has 0 spiro atoms. The lowest BCUT2D eigenvalue weighted by Crippen LogP contribution is -2.42. The van der Waals surface area contributed by atoms with Crippen LogP contribution in [0.4, 0.5) is 4.79 Å². The predicted octanol–water partition coefficient (Wildman–Crippen LogP) is 3.26. The van der Waals surface area contributed by atoms with Crippen LogP contribution < -0.4 is 10.6 Å². The fraction of sp³-hybridized carbons (Fsp3) is 0.588. The van der Waals surface area contributed by atoms with Crippen LogP contribution in [0.15, 0.2) is 18.2 Å². The van der Waals surface area contributed by atoms with Gasteiger partial charge in [0.1, 0.15) is 11.4 Å². The van der Waals surface area contributed by atoms with E-state index in [9.17, 15) is 9.90 Å². The third-order valence-electron chi connectivity index (χ3n) is 3.14. The molecule has 0 aliphatic carbocycles. The van der Waals surface area contributed by atoms with E-state index in [4.69, 9.17) is 4.74 Å². The Balaban J connectivity index is 2.49. The molecule has 0 saturated heterocycles. The van der Waals surface area contributed by atoms with E-state index < -0.39 is 11.7 Å². The summed E-state index contributed by atoms with van der Waals surface area (Å²) in [5, 5.41) is 16.0. The Kier molecular flexibility index (Phi) is 6.23. The topological polar surface area (TPSA) is 70.6 Å². The van der Waals surface area contributed by atoms with Gasteiger partial charge in [0.25, 0.3) is 0 Å². The summed E-state index contributed by atoms with van der Waals surface area (Å²) in [6.07, 6.45) is -0.424. The predicted molar refractivity (Wildman–Crippen MR) is 88.1 cm³/mol. The molecule has 0 fully saturated rings. The van der Waals surface area contributed by atoms with Crippen LogP contribution >= 0.6 is 0 Å². The summed E-state index contributed by atoms with van der Waals surface area (Å²) in [6.45, 7) is 11.9. The van der Waals surface area contributed by atoms with Gasteiger partial charge in [-0.15, -0.1) is 0 Å². The van der Waals surface area contributed by atoms with Crippen molar-refractivity contribution in [2.24, 2.45) is 0 Å². The van der Waals surface area contributed by atoms with Crippen molar-refractivity contribution in [1.82, 2.24) is 10.6 Å². The molecule has 0 radical (unpaired) electrons. The Hall–Kier alpha value is -1.75. The van der Waals surface area contributed by atoms with Gasteiger partial charge in [0, 0.05) is 24.2 Å². The molecule has 0 heterocycles. The number of carbonyl (C=O) groups excluding carboxylic acids is 1. The van der Waals surface area contributed by atoms with E-state index in [2.05, 4.69) is 10.6 Å². The molecule has 2 unspecified atom stereocenters. The minimum atomic E-state index is -0.499. The SMILES string of the molecule is Cc1ccc(O)c(C(C)NC(C)CNC(=O)OC(C)(C)C)c1. The van der Waals surface area contributed by atoms with Crippen molar-refractivity contribution >= 4 is 6.09 Å². The summed E-state index contributed by atoms with van der Waals surface area (Å²) >= 11 is 0. The van der Waals surface area contributed by atoms with Gasteiger partial charge in [-0.2, -0.15) is 0 Å². The Morgan fingerprint density at radius 1 is 1.32 bits per heavy atom. The van der Waals surface area contributed by atoms with Gasteiger partial charge in [0.05, 0.1) is 0 Å². The van der Waals surface area contributed by atoms with E-state index in [1.165, 1.54) is 0 Å². The van der Waals surface area contributed by atoms with E-state index in [1.807, 2.05) is 53.7 Å². The first-order valence-electron chi connectivity index (χ1n) is 7.61. The molecule has 124 valence electrons.